The highest BCUT2D eigenvalue weighted by atomic mass is 16.2. The molecule has 0 N–H and O–H groups in total. The van der Waals surface area contributed by atoms with Gasteiger partial charge in [-0.05, 0) is 18.1 Å². The van der Waals surface area contributed by atoms with Crippen molar-refractivity contribution in [3.05, 3.63) is 35.4 Å². The van der Waals surface area contributed by atoms with Crippen molar-refractivity contribution in [2.75, 3.05) is 13.6 Å². The van der Waals surface area contributed by atoms with E-state index in [0.717, 1.165) is 12.0 Å². The maximum atomic E-state index is 11.9. The lowest BCUT2D eigenvalue weighted by atomic mass is 10.0. The molecule has 15 heavy (non-hydrogen) atoms. The van der Waals surface area contributed by atoms with Crippen LogP contribution in [0.3, 0.4) is 0 Å². The third kappa shape index (κ3) is 2.57. The zero-order chi connectivity index (χ0) is 11.3. The van der Waals surface area contributed by atoms with Crippen LogP contribution in [0.5, 0.6) is 0 Å². The van der Waals surface area contributed by atoms with Gasteiger partial charge in [0, 0.05) is 12.6 Å². The molecule has 1 rings (SSSR count). The minimum Gasteiger partial charge on any atom is -0.328 e. The molecule has 0 saturated carbocycles. The quantitative estimate of drug-likeness (QED) is 0.702. The van der Waals surface area contributed by atoms with Crippen molar-refractivity contribution in [3.8, 4) is 6.07 Å². The van der Waals surface area contributed by atoms with Gasteiger partial charge in [-0.25, -0.2) is 0 Å². The number of carbonyl (C=O) groups excluding carboxylic acids is 1. The van der Waals surface area contributed by atoms with E-state index in [9.17, 15) is 4.79 Å². The van der Waals surface area contributed by atoms with Gasteiger partial charge in [0.2, 0.25) is 0 Å². The van der Waals surface area contributed by atoms with Crippen molar-refractivity contribution in [2.45, 2.75) is 13.3 Å². The molecule has 1 amide bonds. The summed E-state index contributed by atoms with van der Waals surface area (Å²) in [5.74, 6) is -0.0889. The molecule has 78 valence electrons. The van der Waals surface area contributed by atoms with E-state index in [1.165, 1.54) is 4.90 Å². The number of nitriles is 1. The average molecular weight is 202 g/mol. The van der Waals surface area contributed by atoms with Gasteiger partial charge in [0.15, 0.2) is 0 Å². The first-order valence-electron chi connectivity index (χ1n) is 4.91. The number of hydrogen-bond acceptors (Lipinski definition) is 2. The Kier molecular flexibility index (Phi) is 3.87. The fraction of sp³-hybridized carbons (Fsp3) is 0.333. The normalized spacial score (nSPS) is 9.40. The number of benzene rings is 1. The van der Waals surface area contributed by atoms with Crippen molar-refractivity contribution in [2.24, 2.45) is 0 Å². The number of carbonyl (C=O) groups is 1. The number of hydrogen-bond donors (Lipinski definition) is 0. The molecule has 0 bridgehead atoms. The van der Waals surface area contributed by atoms with Gasteiger partial charge in [-0.15, -0.1) is 0 Å². The number of aryl methyl sites for hydroxylation is 1. The summed E-state index contributed by atoms with van der Waals surface area (Å²) in [6, 6.07) is 9.46. The molecule has 0 aliphatic rings. The zero-order valence-corrected chi connectivity index (χ0v) is 9.03. The van der Waals surface area contributed by atoms with E-state index in [-0.39, 0.29) is 12.5 Å². The summed E-state index contributed by atoms with van der Waals surface area (Å²) in [5.41, 5.74) is 1.71. The summed E-state index contributed by atoms with van der Waals surface area (Å²) in [6.45, 7) is 2.13. The third-order valence-electron chi connectivity index (χ3n) is 2.28. The molecule has 0 unspecified atom stereocenters. The highest BCUT2D eigenvalue weighted by Gasteiger charge is 2.13. The maximum absolute atomic E-state index is 11.9. The molecule has 3 nitrogen and oxygen atoms in total. The van der Waals surface area contributed by atoms with Crippen LogP contribution < -0.4 is 0 Å². The lowest BCUT2D eigenvalue weighted by Crippen LogP contribution is -2.27. The monoisotopic (exact) mass is 202 g/mol. The van der Waals surface area contributed by atoms with E-state index in [2.05, 4.69) is 0 Å². The van der Waals surface area contributed by atoms with Crippen molar-refractivity contribution in [3.63, 3.8) is 0 Å². The summed E-state index contributed by atoms with van der Waals surface area (Å²) in [7, 11) is 1.64. The van der Waals surface area contributed by atoms with E-state index in [4.69, 9.17) is 5.26 Å². The Morgan fingerprint density at radius 3 is 2.73 bits per heavy atom. The van der Waals surface area contributed by atoms with Crippen molar-refractivity contribution >= 4 is 5.91 Å². The summed E-state index contributed by atoms with van der Waals surface area (Å²) in [5, 5.41) is 8.52. The molecule has 3 heteroatoms. The first kappa shape index (κ1) is 11.3. The summed E-state index contributed by atoms with van der Waals surface area (Å²) in [4.78, 5) is 13.3. The number of nitrogens with zero attached hydrogens (tertiary/aromatic N) is 2. The van der Waals surface area contributed by atoms with Gasteiger partial charge < -0.3 is 4.90 Å². The Bertz CT molecular complexity index is 393. The van der Waals surface area contributed by atoms with Crippen molar-refractivity contribution < 1.29 is 4.79 Å². The fourth-order valence-corrected chi connectivity index (χ4v) is 1.42. The highest BCUT2D eigenvalue weighted by molar-refractivity contribution is 5.95. The largest absolute Gasteiger partial charge is 0.328 e. The van der Waals surface area contributed by atoms with E-state index in [0.29, 0.717) is 5.56 Å². The molecular weight excluding hydrogens is 188 g/mol. The lowest BCUT2D eigenvalue weighted by molar-refractivity contribution is 0.0811. The minimum absolute atomic E-state index is 0.0889. The standard InChI is InChI=1S/C12H14N2O/c1-3-10-6-4-5-7-11(10)12(15)14(2)9-8-13/h4-7H,3,9H2,1-2H3. The molecule has 0 aliphatic heterocycles. The summed E-state index contributed by atoms with van der Waals surface area (Å²) in [6.07, 6.45) is 0.822. The van der Waals surface area contributed by atoms with Crippen LogP contribution in [0.4, 0.5) is 0 Å². The van der Waals surface area contributed by atoms with Crippen LogP contribution in [0.2, 0.25) is 0 Å². The molecule has 1 aromatic carbocycles. The lowest BCUT2D eigenvalue weighted by Gasteiger charge is -2.15. The second kappa shape index (κ2) is 5.16. The van der Waals surface area contributed by atoms with Crippen LogP contribution in [0, 0.1) is 11.3 Å². The molecule has 0 radical (unpaired) electrons. The van der Waals surface area contributed by atoms with Crippen LogP contribution in [-0.4, -0.2) is 24.4 Å². The van der Waals surface area contributed by atoms with E-state index >= 15 is 0 Å². The number of amides is 1. The Labute approximate surface area is 89.9 Å². The van der Waals surface area contributed by atoms with Gasteiger partial charge in [-0.2, -0.15) is 5.26 Å². The molecular formula is C12H14N2O. The van der Waals surface area contributed by atoms with Crippen LogP contribution in [-0.2, 0) is 6.42 Å². The number of rotatable bonds is 3. The predicted molar refractivity (Wildman–Crippen MR) is 58.4 cm³/mol. The summed E-state index contributed by atoms with van der Waals surface area (Å²) >= 11 is 0. The van der Waals surface area contributed by atoms with Gasteiger partial charge in [0.1, 0.15) is 6.54 Å². The van der Waals surface area contributed by atoms with E-state index < -0.39 is 0 Å². The molecule has 0 fully saturated rings. The van der Waals surface area contributed by atoms with Gasteiger partial charge in [0.25, 0.3) is 5.91 Å². The van der Waals surface area contributed by atoms with Gasteiger partial charge in [-0.1, -0.05) is 25.1 Å². The smallest absolute Gasteiger partial charge is 0.254 e. The van der Waals surface area contributed by atoms with Gasteiger partial charge in [0.05, 0.1) is 6.07 Å². The Morgan fingerprint density at radius 2 is 2.13 bits per heavy atom. The Balaban J connectivity index is 2.96. The predicted octanol–water partition coefficient (Wildman–Crippen LogP) is 1.84. The van der Waals surface area contributed by atoms with Crippen LogP contribution in [0.25, 0.3) is 0 Å². The molecule has 0 spiro atoms. The van der Waals surface area contributed by atoms with E-state index in [1.807, 2.05) is 31.2 Å². The summed E-state index contributed by atoms with van der Waals surface area (Å²) < 4.78 is 0. The third-order valence-corrected chi connectivity index (χ3v) is 2.28. The van der Waals surface area contributed by atoms with Crippen LogP contribution in [0.15, 0.2) is 24.3 Å². The minimum atomic E-state index is -0.0889. The topological polar surface area (TPSA) is 44.1 Å². The fourth-order valence-electron chi connectivity index (χ4n) is 1.42. The second-order valence-corrected chi connectivity index (χ2v) is 3.33. The van der Waals surface area contributed by atoms with Gasteiger partial charge >= 0.3 is 0 Å². The van der Waals surface area contributed by atoms with Crippen LogP contribution in [0.1, 0.15) is 22.8 Å². The molecule has 0 aliphatic carbocycles. The van der Waals surface area contributed by atoms with E-state index in [1.54, 1.807) is 13.1 Å². The second-order valence-electron chi connectivity index (χ2n) is 3.33. The van der Waals surface area contributed by atoms with Crippen molar-refractivity contribution in [1.82, 2.24) is 4.90 Å². The first-order valence-corrected chi connectivity index (χ1v) is 4.91. The SMILES string of the molecule is CCc1ccccc1C(=O)N(C)CC#N. The zero-order valence-electron chi connectivity index (χ0n) is 9.03. The Morgan fingerprint density at radius 1 is 1.47 bits per heavy atom. The van der Waals surface area contributed by atoms with Crippen molar-refractivity contribution in [1.29, 1.82) is 5.26 Å². The Hall–Kier alpha value is -1.82. The maximum Gasteiger partial charge on any atom is 0.254 e. The molecule has 0 saturated heterocycles. The molecule has 0 atom stereocenters. The van der Waals surface area contributed by atoms with Gasteiger partial charge in [-0.3, -0.25) is 4.79 Å². The average Bonchev–Trinajstić information content (AvgIpc) is 2.28. The van der Waals surface area contributed by atoms with Crippen LogP contribution >= 0.6 is 0 Å². The highest BCUT2D eigenvalue weighted by Crippen LogP contribution is 2.11. The first-order chi connectivity index (χ1) is 7.20. The molecule has 0 aromatic heterocycles. The molecule has 1 aromatic rings. The molecule has 0 heterocycles.